The van der Waals surface area contributed by atoms with Crippen molar-refractivity contribution in [2.75, 3.05) is 26.7 Å². The molecule has 6 nitrogen and oxygen atoms in total. The van der Waals surface area contributed by atoms with Crippen LogP contribution in [0.15, 0.2) is 18.3 Å². The van der Waals surface area contributed by atoms with Crippen LogP contribution in [0.3, 0.4) is 0 Å². The van der Waals surface area contributed by atoms with E-state index in [9.17, 15) is 9.59 Å². The number of carboxylic acids is 1. The van der Waals surface area contributed by atoms with Crippen molar-refractivity contribution in [1.82, 2.24) is 14.4 Å². The second-order valence-corrected chi connectivity index (χ2v) is 5.00. The fourth-order valence-corrected chi connectivity index (χ4v) is 2.29. The first-order valence-electron chi connectivity index (χ1n) is 6.35. The highest BCUT2D eigenvalue weighted by molar-refractivity contribution is 5.93. The topological polar surface area (TPSA) is 65.8 Å². The predicted molar refractivity (Wildman–Crippen MR) is 70.1 cm³/mol. The van der Waals surface area contributed by atoms with Gasteiger partial charge in [-0.25, -0.2) is 0 Å². The van der Waals surface area contributed by atoms with Crippen molar-refractivity contribution < 1.29 is 14.7 Å². The Labute approximate surface area is 112 Å². The zero-order chi connectivity index (χ0) is 14.0. The van der Waals surface area contributed by atoms with Crippen LogP contribution in [0.2, 0.25) is 0 Å². The van der Waals surface area contributed by atoms with E-state index in [0.29, 0.717) is 24.8 Å². The van der Waals surface area contributed by atoms with E-state index < -0.39 is 5.97 Å². The van der Waals surface area contributed by atoms with E-state index in [4.69, 9.17) is 5.11 Å². The van der Waals surface area contributed by atoms with Gasteiger partial charge >= 0.3 is 5.97 Å². The minimum absolute atomic E-state index is 0.0915. The molecule has 104 valence electrons. The van der Waals surface area contributed by atoms with Crippen LogP contribution in [-0.4, -0.2) is 64.1 Å². The lowest BCUT2D eigenvalue weighted by Gasteiger charge is -2.37. The van der Waals surface area contributed by atoms with Crippen LogP contribution in [0.5, 0.6) is 0 Å². The molecule has 0 spiro atoms. The zero-order valence-corrected chi connectivity index (χ0v) is 11.2. The Morgan fingerprint density at radius 1 is 1.42 bits per heavy atom. The molecule has 2 heterocycles. The summed E-state index contributed by atoms with van der Waals surface area (Å²) in [5.41, 5.74) is 0.444. The number of amides is 1. The zero-order valence-electron chi connectivity index (χ0n) is 11.2. The molecule has 1 aliphatic rings. The molecule has 1 aliphatic heterocycles. The van der Waals surface area contributed by atoms with Crippen LogP contribution >= 0.6 is 0 Å². The van der Waals surface area contributed by atoms with E-state index >= 15 is 0 Å². The first-order valence-corrected chi connectivity index (χ1v) is 6.35. The van der Waals surface area contributed by atoms with Crippen LogP contribution in [0, 0.1) is 0 Å². The summed E-state index contributed by atoms with van der Waals surface area (Å²) in [6.07, 6.45) is 1.63. The molecule has 19 heavy (non-hydrogen) atoms. The third kappa shape index (κ3) is 2.96. The van der Waals surface area contributed by atoms with Gasteiger partial charge in [-0.05, 0) is 26.1 Å². The lowest BCUT2D eigenvalue weighted by Crippen LogP contribution is -2.52. The molecule has 1 amide bonds. The van der Waals surface area contributed by atoms with Crippen molar-refractivity contribution in [2.24, 2.45) is 0 Å². The molecular weight excluding hydrogens is 246 g/mol. The Bertz CT molecular complexity index is 483. The number of aliphatic carboxylic acids is 1. The van der Waals surface area contributed by atoms with Crippen LogP contribution in [0.25, 0.3) is 0 Å². The highest BCUT2D eigenvalue weighted by Gasteiger charge is 2.26. The van der Waals surface area contributed by atoms with Crippen LogP contribution in [0.1, 0.15) is 17.4 Å². The molecule has 1 unspecified atom stereocenters. The Morgan fingerprint density at radius 3 is 2.79 bits per heavy atom. The Balaban J connectivity index is 2.11. The molecule has 0 saturated carbocycles. The molecule has 1 fully saturated rings. The van der Waals surface area contributed by atoms with Gasteiger partial charge in [0.05, 0.1) is 0 Å². The molecule has 1 saturated heterocycles. The largest absolute Gasteiger partial charge is 0.480 e. The van der Waals surface area contributed by atoms with E-state index in [0.717, 1.165) is 6.54 Å². The summed E-state index contributed by atoms with van der Waals surface area (Å²) in [7, 11) is 2.04. The molecule has 1 atom stereocenters. The Morgan fingerprint density at radius 2 is 2.16 bits per heavy atom. The van der Waals surface area contributed by atoms with Crippen molar-refractivity contribution in [1.29, 1.82) is 0 Å². The first kappa shape index (κ1) is 13.6. The van der Waals surface area contributed by atoms with Gasteiger partial charge in [0.25, 0.3) is 5.91 Å². The number of carbonyl (C=O) groups is 2. The van der Waals surface area contributed by atoms with Crippen molar-refractivity contribution in [2.45, 2.75) is 19.5 Å². The molecule has 1 N–H and O–H groups in total. The summed E-state index contributed by atoms with van der Waals surface area (Å²) in [5.74, 6) is -1.04. The third-order valence-corrected chi connectivity index (χ3v) is 3.60. The molecule has 1 aromatic heterocycles. The van der Waals surface area contributed by atoms with Gasteiger partial charge in [-0.3, -0.25) is 9.59 Å². The predicted octanol–water partition coefficient (Wildman–Crippen LogP) is 0.349. The number of nitrogens with zero attached hydrogens (tertiary/aromatic N) is 3. The van der Waals surface area contributed by atoms with Gasteiger partial charge in [0.15, 0.2) is 0 Å². The molecule has 0 radical (unpaired) electrons. The first-order chi connectivity index (χ1) is 8.99. The number of carboxylic acid groups (broad SMARTS) is 1. The molecule has 0 aliphatic carbocycles. The van der Waals surface area contributed by atoms with Gasteiger partial charge in [0.2, 0.25) is 0 Å². The van der Waals surface area contributed by atoms with E-state index in [2.05, 4.69) is 11.8 Å². The van der Waals surface area contributed by atoms with Crippen molar-refractivity contribution in [3.63, 3.8) is 0 Å². The summed E-state index contributed by atoms with van der Waals surface area (Å²) < 4.78 is 1.48. The maximum atomic E-state index is 12.4. The summed E-state index contributed by atoms with van der Waals surface area (Å²) in [4.78, 5) is 27.2. The minimum atomic E-state index is -0.947. The highest BCUT2D eigenvalue weighted by atomic mass is 16.4. The van der Waals surface area contributed by atoms with Gasteiger partial charge in [0.1, 0.15) is 12.2 Å². The van der Waals surface area contributed by atoms with Crippen LogP contribution in [0.4, 0.5) is 0 Å². The number of aromatic nitrogens is 1. The number of hydrogen-bond donors (Lipinski definition) is 1. The van der Waals surface area contributed by atoms with E-state index in [1.165, 1.54) is 4.57 Å². The molecule has 2 rings (SSSR count). The SMILES string of the molecule is CC1CN(C(=O)c2cccn2CC(=O)O)CCN1C. The average Bonchev–Trinajstić information content (AvgIpc) is 2.79. The fraction of sp³-hybridized carbons (Fsp3) is 0.538. The normalized spacial score (nSPS) is 20.5. The molecule has 6 heteroatoms. The summed E-state index contributed by atoms with van der Waals surface area (Å²) in [6.45, 7) is 4.09. The third-order valence-electron chi connectivity index (χ3n) is 3.60. The summed E-state index contributed by atoms with van der Waals surface area (Å²) in [6, 6.07) is 3.70. The second kappa shape index (κ2) is 5.44. The maximum Gasteiger partial charge on any atom is 0.323 e. The number of rotatable bonds is 3. The van der Waals surface area contributed by atoms with Crippen LogP contribution < -0.4 is 0 Å². The monoisotopic (exact) mass is 265 g/mol. The number of piperazine rings is 1. The van der Waals surface area contributed by atoms with Crippen molar-refractivity contribution >= 4 is 11.9 Å². The molecule has 0 bridgehead atoms. The lowest BCUT2D eigenvalue weighted by molar-refractivity contribution is -0.137. The molecular formula is C13H19N3O3. The fourth-order valence-electron chi connectivity index (χ4n) is 2.29. The Hall–Kier alpha value is -1.82. The second-order valence-electron chi connectivity index (χ2n) is 5.00. The van der Waals surface area contributed by atoms with Gasteiger partial charge in [-0.15, -0.1) is 0 Å². The number of hydrogen-bond acceptors (Lipinski definition) is 3. The van der Waals surface area contributed by atoms with Gasteiger partial charge in [-0.1, -0.05) is 0 Å². The van der Waals surface area contributed by atoms with E-state index in [1.54, 1.807) is 23.2 Å². The maximum absolute atomic E-state index is 12.4. The van der Waals surface area contributed by atoms with Gasteiger partial charge in [0, 0.05) is 31.9 Å². The quantitative estimate of drug-likeness (QED) is 0.856. The smallest absolute Gasteiger partial charge is 0.323 e. The number of carbonyl (C=O) groups excluding carboxylic acids is 1. The minimum Gasteiger partial charge on any atom is -0.480 e. The summed E-state index contributed by atoms with van der Waals surface area (Å²) in [5, 5.41) is 8.83. The summed E-state index contributed by atoms with van der Waals surface area (Å²) >= 11 is 0. The molecule has 1 aromatic rings. The van der Waals surface area contributed by atoms with E-state index in [-0.39, 0.29) is 12.5 Å². The van der Waals surface area contributed by atoms with Crippen LogP contribution in [-0.2, 0) is 11.3 Å². The van der Waals surface area contributed by atoms with Gasteiger partial charge < -0.3 is 19.5 Å². The van der Waals surface area contributed by atoms with E-state index in [1.807, 2.05) is 7.05 Å². The lowest BCUT2D eigenvalue weighted by atomic mass is 10.2. The highest BCUT2D eigenvalue weighted by Crippen LogP contribution is 2.12. The molecule has 0 aromatic carbocycles. The van der Waals surface area contributed by atoms with Gasteiger partial charge in [-0.2, -0.15) is 0 Å². The number of likely N-dealkylation sites (N-methyl/N-ethyl adjacent to an activating group) is 1. The Kier molecular flexibility index (Phi) is 3.90. The van der Waals surface area contributed by atoms with Crippen molar-refractivity contribution in [3.05, 3.63) is 24.0 Å². The average molecular weight is 265 g/mol. The van der Waals surface area contributed by atoms with Crippen molar-refractivity contribution in [3.8, 4) is 0 Å². The standard InChI is InChI=1S/C13H19N3O3/c1-10-8-16(7-6-14(10)2)13(19)11-4-3-5-15(11)9-12(17)18/h3-5,10H,6-9H2,1-2H3,(H,17,18).